The van der Waals surface area contributed by atoms with Crippen LogP contribution in [0.3, 0.4) is 0 Å². The van der Waals surface area contributed by atoms with Crippen molar-refractivity contribution in [1.82, 2.24) is 0 Å². The zero-order chi connectivity index (χ0) is 20.8. The quantitative estimate of drug-likeness (QED) is 0.342. The molecule has 1 aliphatic carbocycles. The number of halogens is 2. The van der Waals surface area contributed by atoms with Gasteiger partial charge >= 0.3 is 5.97 Å². The summed E-state index contributed by atoms with van der Waals surface area (Å²) in [5, 5.41) is 3.50. The smallest absolute Gasteiger partial charge is 0.341 e. The number of aryl methyl sites for hydroxylation is 1. The van der Waals surface area contributed by atoms with Crippen LogP contribution in [-0.4, -0.2) is 18.5 Å². The van der Waals surface area contributed by atoms with E-state index in [0.29, 0.717) is 17.2 Å². The third-order valence-corrected chi connectivity index (χ3v) is 6.24. The van der Waals surface area contributed by atoms with E-state index < -0.39 is 17.7 Å². The molecule has 1 heterocycles. The number of carbonyl (C=O) groups excluding carboxylic acids is 2. The summed E-state index contributed by atoms with van der Waals surface area (Å²) in [6.45, 7) is 2.27. The Labute approximate surface area is 178 Å². The molecule has 0 saturated heterocycles. The normalized spacial score (nSPS) is 13.8. The number of thiophene rings is 1. The van der Waals surface area contributed by atoms with Crippen LogP contribution in [-0.2, 0) is 22.4 Å². The topological polar surface area (TPSA) is 55.4 Å². The Morgan fingerprint density at radius 1 is 1.28 bits per heavy atom. The van der Waals surface area contributed by atoms with Crippen molar-refractivity contribution in [3.05, 3.63) is 56.7 Å². The van der Waals surface area contributed by atoms with Crippen LogP contribution in [0.25, 0.3) is 6.08 Å². The molecule has 0 bridgehead atoms. The summed E-state index contributed by atoms with van der Waals surface area (Å²) in [6.07, 6.45) is 8.18. The Bertz CT molecular complexity index is 918. The van der Waals surface area contributed by atoms with E-state index in [9.17, 15) is 14.0 Å². The minimum Gasteiger partial charge on any atom is -0.462 e. The number of anilines is 1. The largest absolute Gasteiger partial charge is 0.462 e. The van der Waals surface area contributed by atoms with Crippen LogP contribution in [0.2, 0.25) is 5.02 Å². The molecule has 1 aliphatic rings. The molecule has 3 rings (SSSR count). The fourth-order valence-corrected chi connectivity index (χ4v) is 4.80. The first kappa shape index (κ1) is 21.5. The lowest BCUT2D eigenvalue weighted by molar-refractivity contribution is -0.111. The summed E-state index contributed by atoms with van der Waals surface area (Å²) in [5.74, 6) is -1.36. The Morgan fingerprint density at radius 2 is 2.07 bits per heavy atom. The molecule has 4 nitrogen and oxygen atoms in total. The Morgan fingerprint density at radius 3 is 2.83 bits per heavy atom. The molecule has 29 heavy (non-hydrogen) atoms. The van der Waals surface area contributed by atoms with E-state index in [-0.39, 0.29) is 10.6 Å². The van der Waals surface area contributed by atoms with Crippen LogP contribution < -0.4 is 5.32 Å². The third kappa shape index (κ3) is 5.25. The monoisotopic (exact) mass is 435 g/mol. The van der Waals surface area contributed by atoms with Gasteiger partial charge in [-0.3, -0.25) is 4.79 Å². The minimum atomic E-state index is -0.506. The van der Waals surface area contributed by atoms with Crippen LogP contribution in [0.1, 0.15) is 59.0 Å². The fourth-order valence-electron chi connectivity index (χ4n) is 3.30. The standard InChI is InChI=1S/C22H23ClFNO3S/c1-2-13-28-22(27)20-15-7-4-3-5-10-18(15)29-21(20)25-19(26)12-11-14-16(23)8-6-9-17(14)24/h6,8-9,11-12H,2-5,7,10,13H2,1H3,(H,25,26). The first-order chi connectivity index (χ1) is 14.0. The maximum absolute atomic E-state index is 13.9. The fraction of sp³-hybridized carbons (Fsp3) is 0.364. The van der Waals surface area contributed by atoms with Crippen LogP contribution in [0, 0.1) is 5.82 Å². The number of amides is 1. The average molecular weight is 436 g/mol. The molecule has 7 heteroatoms. The highest BCUT2D eigenvalue weighted by atomic mass is 35.5. The molecule has 1 aromatic heterocycles. The summed E-state index contributed by atoms with van der Waals surface area (Å²) in [6, 6.07) is 4.34. The second-order valence-corrected chi connectivity index (χ2v) is 8.37. The van der Waals surface area contributed by atoms with Crippen molar-refractivity contribution in [2.75, 3.05) is 11.9 Å². The van der Waals surface area contributed by atoms with Gasteiger partial charge in [0.25, 0.3) is 0 Å². The average Bonchev–Trinajstić information content (AvgIpc) is 2.86. The van der Waals surface area contributed by atoms with Gasteiger partial charge in [0, 0.05) is 16.5 Å². The molecule has 0 unspecified atom stereocenters. The van der Waals surface area contributed by atoms with Crippen LogP contribution >= 0.6 is 22.9 Å². The molecule has 1 amide bonds. The van der Waals surface area contributed by atoms with Gasteiger partial charge in [0.05, 0.1) is 17.2 Å². The zero-order valence-corrected chi connectivity index (χ0v) is 17.8. The SMILES string of the molecule is CCCOC(=O)c1c(NC(=O)C=Cc2c(F)cccc2Cl)sc2c1CCCCC2. The first-order valence-corrected chi connectivity index (χ1v) is 11.0. The van der Waals surface area contributed by atoms with E-state index in [2.05, 4.69) is 5.32 Å². The highest BCUT2D eigenvalue weighted by Crippen LogP contribution is 2.38. The predicted molar refractivity (Wildman–Crippen MR) is 115 cm³/mol. The molecule has 0 atom stereocenters. The molecular weight excluding hydrogens is 413 g/mol. The number of hydrogen-bond donors (Lipinski definition) is 1. The number of carbonyl (C=O) groups is 2. The number of hydrogen-bond acceptors (Lipinski definition) is 4. The van der Waals surface area contributed by atoms with E-state index in [0.717, 1.165) is 49.0 Å². The van der Waals surface area contributed by atoms with Gasteiger partial charge in [-0.25, -0.2) is 9.18 Å². The van der Waals surface area contributed by atoms with Gasteiger partial charge in [0.1, 0.15) is 10.8 Å². The van der Waals surface area contributed by atoms with Crippen molar-refractivity contribution < 1.29 is 18.7 Å². The van der Waals surface area contributed by atoms with E-state index in [1.807, 2.05) is 6.92 Å². The minimum absolute atomic E-state index is 0.147. The van der Waals surface area contributed by atoms with Gasteiger partial charge in [-0.2, -0.15) is 0 Å². The molecule has 0 aliphatic heterocycles. The first-order valence-electron chi connectivity index (χ1n) is 9.76. The predicted octanol–water partition coefficient (Wildman–Crippen LogP) is 6.03. The molecule has 0 radical (unpaired) electrons. The Balaban J connectivity index is 1.85. The van der Waals surface area contributed by atoms with Gasteiger partial charge in [0.15, 0.2) is 0 Å². The lowest BCUT2D eigenvalue weighted by Gasteiger charge is -2.08. The number of benzene rings is 1. The number of nitrogens with one attached hydrogen (secondary N) is 1. The van der Waals surface area contributed by atoms with Crippen LogP contribution in [0.15, 0.2) is 24.3 Å². The third-order valence-electron chi connectivity index (χ3n) is 4.70. The second-order valence-electron chi connectivity index (χ2n) is 6.86. The summed E-state index contributed by atoms with van der Waals surface area (Å²) >= 11 is 7.42. The molecule has 154 valence electrons. The number of rotatable bonds is 6. The van der Waals surface area contributed by atoms with E-state index in [4.69, 9.17) is 16.3 Å². The van der Waals surface area contributed by atoms with Crippen LogP contribution in [0.5, 0.6) is 0 Å². The van der Waals surface area contributed by atoms with Gasteiger partial charge in [-0.1, -0.05) is 31.0 Å². The molecule has 0 spiro atoms. The highest BCUT2D eigenvalue weighted by molar-refractivity contribution is 7.17. The van der Waals surface area contributed by atoms with E-state index in [1.54, 1.807) is 6.07 Å². The van der Waals surface area contributed by atoms with Gasteiger partial charge in [-0.15, -0.1) is 11.3 Å². The summed E-state index contributed by atoms with van der Waals surface area (Å²) < 4.78 is 19.2. The van der Waals surface area contributed by atoms with Crippen molar-refractivity contribution in [3.63, 3.8) is 0 Å². The Kier molecular flexibility index (Phi) is 7.45. The molecule has 0 saturated carbocycles. The maximum atomic E-state index is 13.9. The summed E-state index contributed by atoms with van der Waals surface area (Å²) in [5.41, 5.74) is 1.60. The van der Waals surface area contributed by atoms with E-state index >= 15 is 0 Å². The number of esters is 1. The van der Waals surface area contributed by atoms with Gasteiger partial charge < -0.3 is 10.1 Å². The van der Waals surface area contributed by atoms with Crippen molar-refractivity contribution >= 4 is 45.9 Å². The molecule has 1 N–H and O–H groups in total. The second kappa shape index (κ2) is 10.0. The van der Waals surface area contributed by atoms with E-state index in [1.165, 1.54) is 35.6 Å². The molecule has 2 aromatic rings. The molecular formula is C22H23ClFNO3S. The highest BCUT2D eigenvalue weighted by Gasteiger charge is 2.26. The van der Waals surface area contributed by atoms with Gasteiger partial charge in [0.2, 0.25) is 5.91 Å². The van der Waals surface area contributed by atoms with Crippen molar-refractivity contribution in [2.24, 2.45) is 0 Å². The zero-order valence-electron chi connectivity index (χ0n) is 16.2. The maximum Gasteiger partial charge on any atom is 0.341 e. The van der Waals surface area contributed by atoms with Gasteiger partial charge in [-0.05, 0) is 55.9 Å². The number of fused-ring (bicyclic) bond motifs is 1. The van der Waals surface area contributed by atoms with Crippen molar-refractivity contribution in [1.29, 1.82) is 0 Å². The van der Waals surface area contributed by atoms with Crippen LogP contribution in [0.4, 0.5) is 9.39 Å². The number of ether oxygens (including phenoxy) is 1. The molecule has 1 aromatic carbocycles. The Hall–Kier alpha value is -2.18. The van der Waals surface area contributed by atoms with Crippen molar-refractivity contribution in [2.45, 2.75) is 45.4 Å². The summed E-state index contributed by atoms with van der Waals surface area (Å²) in [4.78, 5) is 26.3. The molecule has 0 fully saturated rings. The summed E-state index contributed by atoms with van der Waals surface area (Å²) in [7, 11) is 0. The lowest BCUT2D eigenvalue weighted by Crippen LogP contribution is -2.13. The van der Waals surface area contributed by atoms with Crippen molar-refractivity contribution in [3.8, 4) is 0 Å². The lowest BCUT2D eigenvalue weighted by atomic mass is 10.1.